The zero-order chi connectivity index (χ0) is 11.1. The smallest absolute Gasteiger partial charge is 0.0630 e. The molecule has 1 rings (SSSR count). The molecule has 4 heteroatoms. The fourth-order valence-electron chi connectivity index (χ4n) is 2.06. The van der Waals surface area contributed by atoms with Crippen molar-refractivity contribution < 1.29 is 9.47 Å². The van der Waals surface area contributed by atoms with E-state index in [1.54, 1.807) is 7.11 Å². The molecule has 1 saturated heterocycles. The van der Waals surface area contributed by atoms with Crippen molar-refractivity contribution in [2.45, 2.75) is 25.9 Å². The van der Waals surface area contributed by atoms with Crippen molar-refractivity contribution in [3.8, 4) is 0 Å². The Bertz CT molecular complexity index is 167. The third kappa shape index (κ3) is 4.07. The van der Waals surface area contributed by atoms with Gasteiger partial charge in [0.1, 0.15) is 0 Å². The average molecular weight is 216 g/mol. The molecule has 1 aliphatic rings. The molecule has 0 aromatic carbocycles. The predicted molar refractivity (Wildman–Crippen MR) is 61.2 cm³/mol. The van der Waals surface area contributed by atoms with Gasteiger partial charge in [-0.3, -0.25) is 4.90 Å². The molecule has 90 valence electrons. The topological polar surface area (TPSA) is 33.7 Å². The Labute approximate surface area is 92.9 Å². The minimum absolute atomic E-state index is 0.467. The summed E-state index contributed by atoms with van der Waals surface area (Å²) in [6.07, 6.45) is 0. The lowest BCUT2D eigenvalue weighted by molar-refractivity contribution is -0.0371. The highest BCUT2D eigenvalue weighted by molar-refractivity contribution is 4.80. The highest BCUT2D eigenvalue weighted by atomic mass is 16.5. The molecule has 0 spiro atoms. The fraction of sp³-hybridized carbons (Fsp3) is 1.00. The van der Waals surface area contributed by atoms with Crippen LogP contribution in [-0.2, 0) is 9.47 Å². The first-order chi connectivity index (χ1) is 7.29. The SMILES string of the molecule is CCNCC(COC)N1CCOCC1C. The molecular formula is C11H24N2O2. The Balaban J connectivity index is 2.44. The molecule has 0 radical (unpaired) electrons. The Morgan fingerprint density at radius 3 is 3.00 bits per heavy atom. The summed E-state index contributed by atoms with van der Waals surface area (Å²) < 4.78 is 10.7. The quantitative estimate of drug-likeness (QED) is 0.694. The number of hydrogen-bond donors (Lipinski definition) is 1. The van der Waals surface area contributed by atoms with Crippen molar-refractivity contribution in [2.75, 3.05) is 46.6 Å². The highest BCUT2D eigenvalue weighted by Gasteiger charge is 2.25. The average Bonchev–Trinajstić information content (AvgIpc) is 2.25. The molecule has 2 atom stereocenters. The van der Waals surface area contributed by atoms with E-state index in [0.717, 1.165) is 39.5 Å². The van der Waals surface area contributed by atoms with Crippen LogP contribution in [0.5, 0.6) is 0 Å². The van der Waals surface area contributed by atoms with Crippen LogP contribution >= 0.6 is 0 Å². The first kappa shape index (κ1) is 12.9. The zero-order valence-corrected chi connectivity index (χ0v) is 10.2. The van der Waals surface area contributed by atoms with Crippen LogP contribution in [0.25, 0.3) is 0 Å². The van der Waals surface area contributed by atoms with Crippen LogP contribution in [0, 0.1) is 0 Å². The molecule has 15 heavy (non-hydrogen) atoms. The van der Waals surface area contributed by atoms with E-state index in [0.29, 0.717) is 12.1 Å². The molecule has 0 saturated carbocycles. The van der Waals surface area contributed by atoms with Crippen molar-refractivity contribution in [3.05, 3.63) is 0 Å². The second kappa shape index (κ2) is 7.17. The third-order valence-electron chi connectivity index (χ3n) is 2.88. The predicted octanol–water partition coefficient (Wildman–Crippen LogP) is 0.332. The lowest BCUT2D eigenvalue weighted by atomic mass is 10.1. The number of morpholine rings is 1. The van der Waals surface area contributed by atoms with Gasteiger partial charge < -0.3 is 14.8 Å². The van der Waals surface area contributed by atoms with Crippen LogP contribution < -0.4 is 5.32 Å². The Morgan fingerprint density at radius 1 is 1.60 bits per heavy atom. The van der Waals surface area contributed by atoms with Gasteiger partial charge in [0.2, 0.25) is 0 Å². The van der Waals surface area contributed by atoms with E-state index in [-0.39, 0.29) is 0 Å². The lowest BCUT2D eigenvalue weighted by Crippen LogP contribution is -2.54. The summed E-state index contributed by atoms with van der Waals surface area (Å²) in [5.41, 5.74) is 0. The lowest BCUT2D eigenvalue weighted by Gasteiger charge is -2.39. The first-order valence-electron chi connectivity index (χ1n) is 5.82. The Kier molecular flexibility index (Phi) is 6.17. The molecule has 1 fully saturated rings. The molecule has 0 bridgehead atoms. The van der Waals surface area contributed by atoms with Crippen molar-refractivity contribution in [1.29, 1.82) is 0 Å². The van der Waals surface area contributed by atoms with Crippen molar-refractivity contribution in [3.63, 3.8) is 0 Å². The van der Waals surface area contributed by atoms with Gasteiger partial charge in [-0.2, -0.15) is 0 Å². The van der Waals surface area contributed by atoms with Gasteiger partial charge in [0.15, 0.2) is 0 Å². The molecule has 1 heterocycles. The van der Waals surface area contributed by atoms with Gasteiger partial charge in [0.05, 0.1) is 19.8 Å². The number of hydrogen-bond acceptors (Lipinski definition) is 4. The van der Waals surface area contributed by atoms with Gasteiger partial charge in [-0.25, -0.2) is 0 Å². The second-order valence-electron chi connectivity index (χ2n) is 4.08. The van der Waals surface area contributed by atoms with E-state index in [4.69, 9.17) is 9.47 Å². The second-order valence-corrected chi connectivity index (χ2v) is 4.08. The van der Waals surface area contributed by atoms with Crippen LogP contribution in [0.1, 0.15) is 13.8 Å². The minimum Gasteiger partial charge on any atom is -0.383 e. The van der Waals surface area contributed by atoms with Gasteiger partial charge >= 0.3 is 0 Å². The first-order valence-corrected chi connectivity index (χ1v) is 5.82. The normalized spacial score (nSPS) is 25.4. The third-order valence-corrected chi connectivity index (χ3v) is 2.88. The van der Waals surface area contributed by atoms with Crippen molar-refractivity contribution in [2.24, 2.45) is 0 Å². The van der Waals surface area contributed by atoms with Crippen molar-refractivity contribution in [1.82, 2.24) is 10.2 Å². The van der Waals surface area contributed by atoms with Crippen LogP contribution in [-0.4, -0.2) is 63.5 Å². The van der Waals surface area contributed by atoms with Crippen LogP contribution in [0.15, 0.2) is 0 Å². The highest BCUT2D eigenvalue weighted by Crippen LogP contribution is 2.10. The van der Waals surface area contributed by atoms with Gasteiger partial charge in [-0.15, -0.1) is 0 Å². The van der Waals surface area contributed by atoms with Crippen molar-refractivity contribution >= 4 is 0 Å². The van der Waals surface area contributed by atoms with Gasteiger partial charge in [0, 0.05) is 32.3 Å². The molecule has 1 aliphatic heterocycles. The maximum absolute atomic E-state index is 5.44. The Hall–Kier alpha value is -0.160. The summed E-state index contributed by atoms with van der Waals surface area (Å²) in [4.78, 5) is 2.48. The van der Waals surface area contributed by atoms with E-state index >= 15 is 0 Å². The minimum atomic E-state index is 0.467. The number of methoxy groups -OCH3 is 1. The molecule has 4 nitrogen and oxygen atoms in total. The molecule has 0 aromatic rings. The van der Waals surface area contributed by atoms with Gasteiger partial charge in [0.25, 0.3) is 0 Å². The number of nitrogens with zero attached hydrogens (tertiary/aromatic N) is 1. The maximum Gasteiger partial charge on any atom is 0.0630 e. The van der Waals surface area contributed by atoms with E-state index in [9.17, 15) is 0 Å². The zero-order valence-electron chi connectivity index (χ0n) is 10.2. The summed E-state index contributed by atoms with van der Waals surface area (Å²) in [7, 11) is 1.77. The molecule has 0 amide bonds. The standard InChI is InChI=1S/C11H24N2O2/c1-4-12-7-11(9-14-3)13-5-6-15-8-10(13)2/h10-12H,4-9H2,1-3H3. The Morgan fingerprint density at radius 2 is 2.40 bits per heavy atom. The molecule has 1 N–H and O–H groups in total. The number of nitrogens with one attached hydrogen (secondary N) is 1. The molecular weight excluding hydrogens is 192 g/mol. The summed E-state index contributed by atoms with van der Waals surface area (Å²) in [6, 6.07) is 0.964. The maximum atomic E-state index is 5.44. The van der Waals surface area contributed by atoms with E-state index in [1.807, 2.05) is 0 Å². The molecule has 0 aliphatic carbocycles. The van der Waals surface area contributed by atoms with Crippen LogP contribution in [0.4, 0.5) is 0 Å². The van der Waals surface area contributed by atoms with E-state index in [2.05, 4.69) is 24.1 Å². The summed E-state index contributed by atoms with van der Waals surface area (Å²) >= 11 is 0. The van der Waals surface area contributed by atoms with E-state index in [1.165, 1.54) is 0 Å². The molecule has 2 unspecified atom stereocenters. The molecule has 0 aromatic heterocycles. The summed E-state index contributed by atoms with van der Waals surface area (Å²) in [5.74, 6) is 0. The summed E-state index contributed by atoms with van der Waals surface area (Å²) in [5, 5.41) is 3.39. The van der Waals surface area contributed by atoms with Crippen LogP contribution in [0.2, 0.25) is 0 Å². The fourth-order valence-corrected chi connectivity index (χ4v) is 2.06. The van der Waals surface area contributed by atoms with E-state index < -0.39 is 0 Å². The largest absolute Gasteiger partial charge is 0.383 e. The van der Waals surface area contributed by atoms with Crippen LogP contribution in [0.3, 0.4) is 0 Å². The monoisotopic (exact) mass is 216 g/mol. The number of ether oxygens (including phenoxy) is 2. The summed E-state index contributed by atoms with van der Waals surface area (Å²) in [6.45, 7) is 9.84. The van der Waals surface area contributed by atoms with Gasteiger partial charge in [-0.05, 0) is 13.5 Å². The van der Waals surface area contributed by atoms with Gasteiger partial charge in [-0.1, -0.05) is 6.92 Å². The number of likely N-dealkylation sites (N-methyl/N-ethyl adjacent to an activating group) is 1. The number of rotatable bonds is 6.